The summed E-state index contributed by atoms with van der Waals surface area (Å²) in [5, 5.41) is 8.91. The molecule has 10 heteroatoms. The van der Waals surface area contributed by atoms with Crippen LogP contribution < -0.4 is 20.9 Å². The lowest BCUT2D eigenvalue weighted by Gasteiger charge is -2.28. The number of anilines is 4. The molecular weight excluding hydrogens is 556 g/mol. The number of carbonyl (C=O) groups is 2. The Morgan fingerprint density at radius 1 is 0.909 bits per heavy atom. The quantitative estimate of drug-likeness (QED) is 0.223. The minimum atomic E-state index is -0.828. The number of rotatable bonds is 9. The van der Waals surface area contributed by atoms with Crippen LogP contribution in [0.1, 0.15) is 26.3 Å². The zero-order valence-electron chi connectivity index (χ0n) is 25.2. The van der Waals surface area contributed by atoms with Crippen molar-refractivity contribution in [3.05, 3.63) is 96.7 Å². The van der Waals surface area contributed by atoms with E-state index in [1.165, 1.54) is 0 Å². The largest absolute Gasteiger partial charge is 0.444 e. The normalized spacial score (nSPS) is 13.9. The van der Waals surface area contributed by atoms with Crippen LogP contribution in [0, 0.1) is 0 Å². The van der Waals surface area contributed by atoms with Gasteiger partial charge in [-0.3, -0.25) is 4.79 Å². The van der Waals surface area contributed by atoms with Gasteiger partial charge in [-0.15, -0.1) is 0 Å². The predicted molar refractivity (Wildman–Crippen MR) is 172 cm³/mol. The third-order valence-electron chi connectivity index (χ3n) is 6.89. The molecule has 1 aliphatic rings. The minimum absolute atomic E-state index is 0.316. The molecule has 3 aromatic carbocycles. The van der Waals surface area contributed by atoms with Crippen molar-refractivity contribution < 1.29 is 19.1 Å². The van der Waals surface area contributed by atoms with E-state index in [4.69, 9.17) is 9.47 Å². The number of carbonyl (C=O) groups excluding carboxylic acids is 2. The maximum absolute atomic E-state index is 13.3. The number of hydrogen-bond acceptors (Lipinski definition) is 8. The van der Waals surface area contributed by atoms with E-state index in [1.807, 2.05) is 60.7 Å². The summed E-state index contributed by atoms with van der Waals surface area (Å²) in [6.45, 7) is 8.60. The molecule has 1 aliphatic heterocycles. The third-order valence-corrected chi connectivity index (χ3v) is 6.89. The van der Waals surface area contributed by atoms with Crippen molar-refractivity contribution in [1.29, 1.82) is 0 Å². The molecule has 0 saturated carbocycles. The molecule has 1 fully saturated rings. The van der Waals surface area contributed by atoms with Gasteiger partial charge in [0.15, 0.2) is 0 Å². The first kappa shape index (κ1) is 30.5. The van der Waals surface area contributed by atoms with Gasteiger partial charge in [-0.05, 0) is 68.8 Å². The Balaban J connectivity index is 1.22. The highest BCUT2D eigenvalue weighted by Gasteiger charge is 2.25. The number of ether oxygens (including phenoxy) is 2. The molecular formula is C34H38N6O4. The maximum atomic E-state index is 13.3. The van der Waals surface area contributed by atoms with Gasteiger partial charge in [0.25, 0.3) is 0 Å². The van der Waals surface area contributed by atoms with Crippen LogP contribution in [-0.4, -0.2) is 59.9 Å². The predicted octanol–water partition coefficient (Wildman–Crippen LogP) is 5.80. The monoisotopic (exact) mass is 594 g/mol. The first-order valence-corrected chi connectivity index (χ1v) is 14.7. The Bertz CT molecular complexity index is 1530. The van der Waals surface area contributed by atoms with Crippen molar-refractivity contribution in [3.8, 4) is 11.3 Å². The SMILES string of the molecule is CC(C)(C)OC(=O)NC(Cc1ccccc1)C(=O)Nc1ccc(-c2ccnc(Nc3ccc(N4CCOCC4)cc3)n2)cc1. The first-order valence-electron chi connectivity index (χ1n) is 14.7. The fourth-order valence-electron chi connectivity index (χ4n) is 4.75. The van der Waals surface area contributed by atoms with Crippen LogP contribution in [0.3, 0.4) is 0 Å². The molecule has 2 heterocycles. The Hall–Kier alpha value is -4.96. The lowest BCUT2D eigenvalue weighted by atomic mass is 10.1. The molecule has 5 rings (SSSR count). The van der Waals surface area contributed by atoms with Crippen molar-refractivity contribution in [2.24, 2.45) is 0 Å². The van der Waals surface area contributed by atoms with E-state index in [0.717, 1.165) is 54.5 Å². The van der Waals surface area contributed by atoms with Crippen LogP contribution in [0.2, 0.25) is 0 Å². The molecule has 1 unspecified atom stereocenters. The fourth-order valence-corrected chi connectivity index (χ4v) is 4.75. The van der Waals surface area contributed by atoms with Crippen molar-refractivity contribution >= 4 is 35.0 Å². The topological polar surface area (TPSA) is 118 Å². The maximum Gasteiger partial charge on any atom is 0.408 e. The van der Waals surface area contributed by atoms with E-state index in [-0.39, 0.29) is 5.91 Å². The van der Waals surface area contributed by atoms with E-state index < -0.39 is 17.7 Å². The van der Waals surface area contributed by atoms with E-state index in [2.05, 4.69) is 43.0 Å². The summed E-state index contributed by atoms with van der Waals surface area (Å²) in [5.74, 6) is 0.136. The molecule has 10 nitrogen and oxygen atoms in total. The zero-order chi connectivity index (χ0) is 30.9. The Labute approximate surface area is 257 Å². The Kier molecular flexibility index (Phi) is 9.71. The average Bonchev–Trinajstić information content (AvgIpc) is 3.02. The lowest BCUT2D eigenvalue weighted by Crippen LogP contribution is -2.47. The third kappa shape index (κ3) is 8.78. The first-order chi connectivity index (χ1) is 21.2. The standard InChI is InChI=1S/C34H38N6O4/c1-34(2,3)44-33(42)39-30(23-24-7-5-4-6-8-24)31(41)36-26-11-9-25(10-12-26)29-17-18-35-32(38-29)37-27-13-15-28(16-14-27)40-19-21-43-22-20-40/h4-18,30H,19-23H2,1-3H3,(H,36,41)(H,39,42)(H,35,37,38). The van der Waals surface area contributed by atoms with Gasteiger partial charge >= 0.3 is 6.09 Å². The smallest absolute Gasteiger partial charge is 0.408 e. The van der Waals surface area contributed by atoms with Gasteiger partial charge < -0.3 is 30.3 Å². The zero-order valence-corrected chi connectivity index (χ0v) is 25.2. The average molecular weight is 595 g/mol. The summed E-state index contributed by atoms with van der Waals surface area (Å²) in [4.78, 5) is 37.1. The van der Waals surface area contributed by atoms with Crippen molar-refractivity contribution in [1.82, 2.24) is 15.3 Å². The Morgan fingerprint density at radius 3 is 2.27 bits per heavy atom. The van der Waals surface area contributed by atoms with Crippen LogP contribution in [0.5, 0.6) is 0 Å². The highest BCUT2D eigenvalue weighted by atomic mass is 16.6. The molecule has 1 aromatic heterocycles. The molecule has 0 radical (unpaired) electrons. The second kappa shape index (κ2) is 14.0. The summed E-state index contributed by atoms with van der Waals surface area (Å²) >= 11 is 0. The fraction of sp³-hybridized carbons (Fsp3) is 0.294. The summed E-state index contributed by atoms with van der Waals surface area (Å²) in [6.07, 6.45) is 1.38. The van der Waals surface area contributed by atoms with Crippen molar-refractivity contribution in [2.75, 3.05) is 41.8 Å². The highest BCUT2D eigenvalue weighted by Crippen LogP contribution is 2.24. The van der Waals surface area contributed by atoms with Gasteiger partial charge in [-0.1, -0.05) is 42.5 Å². The molecule has 44 heavy (non-hydrogen) atoms. The van der Waals surface area contributed by atoms with E-state index in [0.29, 0.717) is 18.1 Å². The number of nitrogens with zero attached hydrogens (tertiary/aromatic N) is 3. The number of nitrogens with one attached hydrogen (secondary N) is 3. The van der Waals surface area contributed by atoms with Gasteiger partial charge in [0.1, 0.15) is 11.6 Å². The molecule has 228 valence electrons. The molecule has 3 N–H and O–H groups in total. The second-order valence-corrected chi connectivity index (χ2v) is 11.5. The minimum Gasteiger partial charge on any atom is -0.444 e. The highest BCUT2D eigenvalue weighted by molar-refractivity contribution is 5.97. The molecule has 0 bridgehead atoms. The van der Waals surface area contributed by atoms with Gasteiger partial charge in [0.2, 0.25) is 11.9 Å². The number of aromatic nitrogens is 2. The van der Waals surface area contributed by atoms with Crippen LogP contribution >= 0.6 is 0 Å². The molecule has 1 saturated heterocycles. The van der Waals surface area contributed by atoms with E-state index >= 15 is 0 Å². The van der Waals surface area contributed by atoms with Crippen molar-refractivity contribution in [2.45, 2.75) is 38.8 Å². The second-order valence-electron chi connectivity index (χ2n) is 11.5. The number of alkyl carbamates (subject to hydrolysis) is 1. The number of benzene rings is 3. The number of amides is 2. The number of morpholine rings is 1. The summed E-state index contributed by atoms with van der Waals surface area (Å²) < 4.78 is 10.8. The van der Waals surface area contributed by atoms with Gasteiger partial charge in [0, 0.05) is 48.3 Å². The molecule has 0 spiro atoms. The number of hydrogen-bond donors (Lipinski definition) is 3. The lowest BCUT2D eigenvalue weighted by molar-refractivity contribution is -0.118. The molecule has 2 amide bonds. The molecule has 0 aliphatic carbocycles. The van der Waals surface area contributed by atoms with Gasteiger partial charge in [-0.25, -0.2) is 14.8 Å². The summed E-state index contributed by atoms with van der Waals surface area (Å²) in [7, 11) is 0. The van der Waals surface area contributed by atoms with Gasteiger partial charge in [-0.2, -0.15) is 0 Å². The van der Waals surface area contributed by atoms with Gasteiger partial charge in [0.05, 0.1) is 18.9 Å². The van der Waals surface area contributed by atoms with Crippen LogP contribution in [0.25, 0.3) is 11.3 Å². The van der Waals surface area contributed by atoms with E-state index in [1.54, 1.807) is 39.1 Å². The summed E-state index contributed by atoms with van der Waals surface area (Å²) in [5.41, 5.74) is 4.48. The van der Waals surface area contributed by atoms with Crippen LogP contribution in [0.4, 0.5) is 27.8 Å². The Morgan fingerprint density at radius 2 is 1.59 bits per heavy atom. The van der Waals surface area contributed by atoms with Crippen LogP contribution in [0.15, 0.2) is 91.1 Å². The molecule has 1 atom stereocenters. The van der Waals surface area contributed by atoms with Crippen molar-refractivity contribution in [3.63, 3.8) is 0 Å². The molecule has 4 aromatic rings. The van der Waals surface area contributed by atoms with E-state index in [9.17, 15) is 9.59 Å². The summed E-state index contributed by atoms with van der Waals surface area (Å²) in [6, 6.07) is 26.1. The van der Waals surface area contributed by atoms with Crippen LogP contribution in [-0.2, 0) is 20.7 Å².